The number of rotatable bonds is 2. The molecule has 1 saturated heterocycles. The Morgan fingerprint density at radius 1 is 1.12 bits per heavy atom. The van der Waals surface area contributed by atoms with E-state index in [0.29, 0.717) is 32.1 Å². The van der Waals surface area contributed by atoms with Gasteiger partial charge in [0, 0.05) is 31.4 Å². The fourth-order valence-corrected chi connectivity index (χ4v) is 1.72. The van der Waals surface area contributed by atoms with Crippen molar-refractivity contribution in [3.8, 4) is 0 Å². The molecule has 0 unspecified atom stereocenters. The van der Waals surface area contributed by atoms with Crippen LogP contribution < -0.4 is 5.32 Å². The van der Waals surface area contributed by atoms with Gasteiger partial charge in [-0.2, -0.15) is 0 Å². The van der Waals surface area contributed by atoms with Crippen molar-refractivity contribution in [3.05, 3.63) is 29.6 Å². The van der Waals surface area contributed by atoms with Gasteiger partial charge in [-0.25, -0.2) is 13.2 Å². The van der Waals surface area contributed by atoms with Crippen LogP contribution in [-0.2, 0) is 4.74 Å². The third-order valence-electron chi connectivity index (χ3n) is 2.57. The Morgan fingerprint density at radius 3 is 2.50 bits per heavy atom. The van der Waals surface area contributed by atoms with Crippen LogP contribution in [0.5, 0.6) is 0 Å². The zero-order valence-electron chi connectivity index (χ0n) is 8.60. The minimum Gasteiger partial charge on any atom is -0.381 e. The van der Waals surface area contributed by atoms with E-state index in [2.05, 4.69) is 5.32 Å². The predicted molar refractivity (Wildman–Crippen MR) is 53.8 cm³/mol. The van der Waals surface area contributed by atoms with E-state index in [9.17, 15) is 13.2 Å². The highest BCUT2D eigenvalue weighted by atomic mass is 19.2. The zero-order valence-corrected chi connectivity index (χ0v) is 8.60. The Balaban J connectivity index is 2.13. The number of anilines is 1. The molecule has 1 aliphatic rings. The molecule has 0 spiro atoms. The fraction of sp³-hybridized carbons (Fsp3) is 0.455. The summed E-state index contributed by atoms with van der Waals surface area (Å²) in [6.07, 6.45) is 1.41. The van der Waals surface area contributed by atoms with Crippen molar-refractivity contribution in [1.29, 1.82) is 0 Å². The maximum Gasteiger partial charge on any atom is 0.182 e. The molecule has 0 aliphatic carbocycles. The number of ether oxygens (including phenoxy) is 1. The monoisotopic (exact) mass is 231 g/mol. The van der Waals surface area contributed by atoms with Gasteiger partial charge >= 0.3 is 0 Å². The molecule has 88 valence electrons. The Labute approximate surface area is 91.4 Å². The van der Waals surface area contributed by atoms with Gasteiger partial charge in [-0.1, -0.05) is 0 Å². The third-order valence-corrected chi connectivity index (χ3v) is 2.57. The zero-order chi connectivity index (χ0) is 11.5. The van der Waals surface area contributed by atoms with E-state index in [1.165, 1.54) is 0 Å². The lowest BCUT2D eigenvalue weighted by atomic mass is 10.1. The highest BCUT2D eigenvalue weighted by Gasteiger charge is 2.17. The molecule has 2 rings (SSSR count). The molecule has 0 saturated carbocycles. The molecule has 16 heavy (non-hydrogen) atoms. The lowest BCUT2D eigenvalue weighted by Gasteiger charge is -2.24. The summed E-state index contributed by atoms with van der Waals surface area (Å²) in [5.41, 5.74) is -0.121. The quantitative estimate of drug-likeness (QED) is 0.790. The minimum absolute atomic E-state index is 0.00412. The van der Waals surface area contributed by atoms with Crippen LogP contribution in [0.15, 0.2) is 12.1 Å². The van der Waals surface area contributed by atoms with Crippen LogP contribution >= 0.6 is 0 Å². The van der Waals surface area contributed by atoms with Gasteiger partial charge in [-0.3, -0.25) is 0 Å². The van der Waals surface area contributed by atoms with Crippen molar-refractivity contribution in [2.24, 2.45) is 0 Å². The molecule has 0 amide bonds. The second kappa shape index (κ2) is 4.74. The summed E-state index contributed by atoms with van der Waals surface area (Å²) < 4.78 is 44.2. The maximum atomic E-state index is 13.3. The van der Waals surface area contributed by atoms with E-state index < -0.39 is 17.5 Å². The second-order valence-electron chi connectivity index (χ2n) is 3.78. The van der Waals surface area contributed by atoms with E-state index >= 15 is 0 Å². The molecular formula is C11H12F3NO. The van der Waals surface area contributed by atoms with Crippen LogP contribution in [0, 0.1) is 17.5 Å². The van der Waals surface area contributed by atoms with Crippen molar-refractivity contribution in [1.82, 2.24) is 0 Å². The van der Waals surface area contributed by atoms with Crippen molar-refractivity contribution in [3.63, 3.8) is 0 Å². The molecule has 0 radical (unpaired) electrons. The van der Waals surface area contributed by atoms with E-state index in [-0.39, 0.29) is 11.7 Å². The van der Waals surface area contributed by atoms with E-state index in [0.717, 1.165) is 6.07 Å². The first-order valence-electron chi connectivity index (χ1n) is 5.15. The lowest BCUT2D eigenvalue weighted by Crippen LogP contribution is -2.28. The van der Waals surface area contributed by atoms with Gasteiger partial charge in [-0.05, 0) is 12.8 Å². The minimum atomic E-state index is -1.17. The second-order valence-corrected chi connectivity index (χ2v) is 3.78. The number of hydrogen-bond donors (Lipinski definition) is 1. The van der Waals surface area contributed by atoms with Crippen LogP contribution in [-0.4, -0.2) is 19.3 Å². The SMILES string of the molecule is Fc1cc(F)c(F)c(NC2CCOCC2)c1. The lowest BCUT2D eigenvalue weighted by molar-refractivity contribution is 0.0903. The standard InChI is InChI=1S/C11H12F3NO/c12-7-5-9(13)11(14)10(6-7)15-8-1-3-16-4-2-8/h5-6,8,15H,1-4H2. The molecule has 2 nitrogen and oxygen atoms in total. The average Bonchev–Trinajstić information content (AvgIpc) is 2.27. The molecule has 0 aromatic heterocycles. The summed E-state index contributed by atoms with van der Waals surface area (Å²) in [4.78, 5) is 0. The van der Waals surface area contributed by atoms with Crippen LogP contribution in [0.25, 0.3) is 0 Å². The topological polar surface area (TPSA) is 21.3 Å². The van der Waals surface area contributed by atoms with E-state index in [1.54, 1.807) is 0 Å². The first-order chi connectivity index (χ1) is 7.66. The summed E-state index contributed by atoms with van der Waals surface area (Å²) in [7, 11) is 0. The number of benzene rings is 1. The molecule has 5 heteroatoms. The van der Waals surface area contributed by atoms with Crippen LogP contribution in [0.4, 0.5) is 18.9 Å². The molecule has 1 aliphatic heterocycles. The van der Waals surface area contributed by atoms with Crippen molar-refractivity contribution in [2.75, 3.05) is 18.5 Å². The summed E-state index contributed by atoms with van der Waals surface area (Å²) in [5, 5.41) is 2.80. The van der Waals surface area contributed by atoms with Crippen LogP contribution in [0.2, 0.25) is 0 Å². The van der Waals surface area contributed by atoms with Crippen molar-refractivity contribution >= 4 is 5.69 Å². The molecule has 1 aromatic carbocycles. The molecule has 0 atom stereocenters. The van der Waals surface area contributed by atoms with Gasteiger partial charge in [-0.15, -0.1) is 0 Å². The number of hydrogen-bond acceptors (Lipinski definition) is 2. The van der Waals surface area contributed by atoms with Crippen molar-refractivity contribution in [2.45, 2.75) is 18.9 Å². The first-order valence-corrected chi connectivity index (χ1v) is 5.15. The highest BCUT2D eigenvalue weighted by Crippen LogP contribution is 2.22. The first kappa shape index (κ1) is 11.3. The molecule has 1 fully saturated rings. The summed E-state index contributed by atoms with van der Waals surface area (Å²) in [6, 6.07) is 1.50. The normalized spacial score (nSPS) is 17.4. The van der Waals surface area contributed by atoms with Gasteiger partial charge in [0.15, 0.2) is 11.6 Å². The summed E-state index contributed by atoms with van der Waals surface area (Å²) in [6.45, 7) is 1.16. The van der Waals surface area contributed by atoms with E-state index in [1.807, 2.05) is 0 Å². The Morgan fingerprint density at radius 2 is 1.81 bits per heavy atom. The molecule has 1 heterocycles. The van der Waals surface area contributed by atoms with Gasteiger partial charge in [0.25, 0.3) is 0 Å². The highest BCUT2D eigenvalue weighted by molar-refractivity contribution is 5.46. The Bertz CT molecular complexity index is 378. The number of nitrogens with one attached hydrogen (secondary N) is 1. The summed E-state index contributed by atoms with van der Waals surface area (Å²) >= 11 is 0. The maximum absolute atomic E-state index is 13.3. The van der Waals surface area contributed by atoms with Gasteiger partial charge < -0.3 is 10.1 Å². The van der Waals surface area contributed by atoms with Gasteiger partial charge in [0.05, 0.1) is 5.69 Å². The number of halogens is 3. The Hall–Kier alpha value is -1.23. The molecule has 1 N–H and O–H groups in total. The van der Waals surface area contributed by atoms with Gasteiger partial charge in [0.2, 0.25) is 0 Å². The molecular weight excluding hydrogens is 219 g/mol. The molecule has 1 aromatic rings. The Kier molecular flexibility index (Phi) is 3.33. The molecule has 0 bridgehead atoms. The van der Waals surface area contributed by atoms with Crippen molar-refractivity contribution < 1.29 is 17.9 Å². The van der Waals surface area contributed by atoms with Crippen LogP contribution in [0.3, 0.4) is 0 Å². The fourth-order valence-electron chi connectivity index (χ4n) is 1.72. The smallest absolute Gasteiger partial charge is 0.182 e. The summed E-state index contributed by atoms with van der Waals surface area (Å²) in [5.74, 6) is -2.99. The predicted octanol–water partition coefficient (Wildman–Crippen LogP) is 2.69. The van der Waals surface area contributed by atoms with Crippen LogP contribution in [0.1, 0.15) is 12.8 Å². The van der Waals surface area contributed by atoms with E-state index in [4.69, 9.17) is 4.74 Å². The van der Waals surface area contributed by atoms with Gasteiger partial charge in [0.1, 0.15) is 5.82 Å². The average molecular weight is 231 g/mol. The largest absolute Gasteiger partial charge is 0.381 e. The third kappa shape index (κ3) is 2.47.